The van der Waals surface area contributed by atoms with Crippen molar-refractivity contribution in [1.29, 1.82) is 0 Å². The van der Waals surface area contributed by atoms with Crippen LogP contribution in [0.1, 0.15) is 42.1 Å². The maximum atomic E-state index is 14.0. The zero-order chi connectivity index (χ0) is 25.6. The molecule has 4 aromatic rings. The number of hydrogen-bond donors (Lipinski definition) is 1. The van der Waals surface area contributed by atoms with Crippen LogP contribution in [0.5, 0.6) is 0 Å². The largest absolute Gasteiger partial charge is 0.418 e. The Hall–Kier alpha value is -3.99. The van der Waals surface area contributed by atoms with E-state index in [1.807, 2.05) is 36.4 Å². The molecule has 186 valence electrons. The number of alkyl halides is 3. The first kappa shape index (κ1) is 23.4. The quantitative estimate of drug-likeness (QED) is 0.298. The van der Waals surface area contributed by atoms with Crippen LogP contribution in [0.3, 0.4) is 0 Å². The number of aromatic amines is 1. The molecule has 1 aromatic heterocycles. The van der Waals surface area contributed by atoms with Crippen molar-refractivity contribution in [3.63, 3.8) is 0 Å². The summed E-state index contributed by atoms with van der Waals surface area (Å²) in [5, 5.41) is 1.22. The molecular weight excluding hydrogens is 469 g/mol. The number of benzene rings is 3. The van der Waals surface area contributed by atoms with Crippen molar-refractivity contribution in [2.24, 2.45) is 5.92 Å². The molecular formula is C32H27F3N2. The monoisotopic (exact) mass is 496 g/mol. The van der Waals surface area contributed by atoms with E-state index in [0.717, 1.165) is 42.1 Å². The molecule has 1 N–H and O–H groups in total. The summed E-state index contributed by atoms with van der Waals surface area (Å²) in [7, 11) is 0. The summed E-state index contributed by atoms with van der Waals surface area (Å²) in [5.41, 5.74) is 7.08. The summed E-state index contributed by atoms with van der Waals surface area (Å²) < 4.78 is 42.1. The summed E-state index contributed by atoms with van der Waals surface area (Å²) in [4.78, 5) is 5.31. The standard InChI is InChI=1S/C32H27F3N2/c1-21-19-22(23-15-17-29-26(20-23)25-11-5-7-13-28(25)36-29)16-18-30(21)37(24-9-3-2-4-10-24)31-14-8-6-12-27(31)32(33,34)35/h2-6,8-12,14-18,20-21,36H,7,13,19H2,1H3. The van der Waals surface area contributed by atoms with Crippen LogP contribution in [0.2, 0.25) is 0 Å². The molecule has 6 rings (SSSR count). The summed E-state index contributed by atoms with van der Waals surface area (Å²) in [6.45, 7) is 2.09. The van der Waals surface area contributed by atoms with Gasteiger partial charge in [0, 0.05) is 39.5 Å². The topological polar surface area (TPSA) is 19.0 Å². The van der Waals surface area contributed by atoms with E-state index in [1.54, 1.807) is 17.0 Å². The molecule has 0 saturated carbocycles. The van der Waals surface area contributed by atoms with Crippen molar-refractivity contribution in [1.82, 2.24) is 4.98 Å². The Morgan fingerprint density at radius 3 is 2.49 bits per heavy atom. The molecule has 0 amide bonds. The van der Waals surface area contributed by atoms with Crippen molar-refractivity contribution in [2.45, 2.75) is 32.4 Å². The lowest BCUT2D eigenvalue weighted by Crippen LogP contribution is -2.25. The number of aromatic nitrogens is 1. The van der Waals surface area contributed by atoms with E-state index in [9.17, 15) is 13.2 Å². The number of para-hydroxylation sites is 2. The molecule has 0 radical (unpaired) electrons. The van der Waals surface area contributed by atoms with E-state index in [4.69, 9.17) is 0 Å². The number of nitrogens with one attached hydrogen (secondary N) is 1. The SMILES string of the molecule is CC1CC(c2ccc3[nH]c4c(c3c2)C=CCC4)=CC=C1N(c1ccccc1)c1ccccc1C(F)(F)F. The second-order valence-electron chi connectivity index (χ2n) is 9.79. The third-order valence-corrected chi connectivity index (χ3v) is 7.35. The zero-order valence-electron chi connectivity index (χ0n) is 20.5. The normalized spacial score (nSPS) is 17.4. The Kier molecular flexibility index (Phi) is 5.79. The van der Waals surface area contributed by atoms with E-state index in [1.165, 1.54) is 28.3 Å². The van der Waals surface area contributed by atoms with Gasteiger partial charge in [0.2, 0.25) is 0 Å². The third kappa shape index (κ3) is 4.29. The number of anilines is 2. The Bertz CT molecular complexity index is 1550. The van der Waals surface area contributed by atoms with E-state index < -0.39 is 11.7 Å². The highest BCUT2D eigenvalue weighted by atomic mass is 19.4. The minimum atomic E-state index is -4.46. The highest BCUT2D eigenvalue weighted by Gasteiger charge is 2.36. The van der Waals surface area contributed by atoms with Crippen LogP contribution in [0.4, 0.5) is 24.5 Å². The predicted molar refractivity (Wildman–Crippen MR) is 146 cm³/mol. The van der Waals surface area contributed by atoms with Gasteiger partial charge in [-0.05, 0) is 72.9 Å². The fourth-order valence-corrected chi connectivity index (χ4v) is 5.56. The second kappa shape index (κ2) is 9.15. The molecule has 2 aliphatic rings. The number of H-pyrrole nitrogens is 1. The molecule has 2 nitrogen and oxygen atoms in total. The molecule has 2 aliphatic carbocycles. The van der Waals surface area contributed by atoms with Gasteiger partial charge in [0.05, 0.1) is 11.3 Å². The van der Waals surface area contributed by atoms with Crippen LogP contribution in [-0.2, 0) is 12.6 Å². The third-order valence-electron chi connectivity index (χ3n) is 7.35. The first-order chi connectivity index (χ1) is 17.9. The molecule has 0 spiro atoms. The van der Waals surface area contributed by atoms with E-state index >= 15 is 0 Å². The van der Waals surface area contributed by atoms with Crippen LogP contribution < -0.4 is 4.90 Å². The Balaban J connectivity index is 1.44. The van der Waals surface area contributed by atoms with Crippen molar-refractivity contribution in [3.05, 3.63) is 119 Å². The molecule has 3 aromatic carbocycles. The van der Waals surface area contributed by atoms with Crippen LogP contribution in [0.25, 0.3) is 22.6 Å². The number of allylic oxidation sites excluding steroid dienone is 5. The lowest BCUT2D eigenvalue weighted by Gasteiger charge is -2.35. The van der Waals surface area contributed by atoms with Crippen LogP contribution in [0, 0.1) is 5.92 Å². The summed E-state index contributed by atoms with van der Waals surface area (Å²) in [6.07, 6.45) is 6.83. The highest BCUT2D eigenvalue weighted by molar-refractivity contribution is 5.93. The first-order valence-corrected chi connectivity index (χ1v) is 12.6. The minimum Gasteiger partial charge on any atom is -0.358 e. The fourth-order valence-electron chi connectivity index (χ4n) is 5.56. The lowest BCUT2D eigenvalue weighted by atomic mass is 9.87. The van der Waals surface area contributed by atoms with E-state index in [-0.39, 0.29) is 11.6 Å². The molecule has 37 heavy (non-hydrogen) atoms. The van der Waals surface area contributed by atoms with Gasteiger partial charge in [-0.1, -0.05) is 61.5 Å². The number of halogens is 3. The van der Waals surface area contributed by atoms with Crippen LogP contribution >= 0.6 is 0 Å². The number of hydrogen-bond acceptors (Lipinski definition) is 1. The van der Waals surface area contributed by atoms with E-state index in [0.29, 0.717) is 5.69 Å². The minimum absolute atomic E-state index is 0.0113. The average Bonchev–Trinajstić information content (AvgIpc) is 3.28. The summed E-state index contributed by atoms with van der Waals surface area (Å²) in [5.74, 6) is 0.0113. The fraction of sp³-hybridized carbons (Fsp3) is 0.188. The molecule has 5 heteroatoms. The van der Waals surface area contributed by atoms with Gasteiger partial charge in [-0.15, -0.1) is 0 Å². The smallest absolute Gasteiger partial charge is 0.358 e. The molecule has 1 unspecified atom stereocenters. The van der Waals surface area contributed by atoms with Crippen molar-refractivity contribution in [3.8, 4) is 0 Å². The molecule has 0 bridgehead atoms. The van der Waals surface area contributed by atoms with Crippen molar-refractivity contribution < 1.29 is 13.2 Å². The number of nitrogens with zero attached hydrogens (tertiary/aromatic N) is 1. The zero-order valence-corrected chi connectivity index (χ0v) is 20.5. The molecule has 1 heterocycles. The number of fused-ring (bicyclic) bond motifs is 3. The Morgan fingerprint density at radius 1 is 0.919 bits per heavy atom. The van der Waals surface area contributed by atoms with E-state index in [2.05, 4.69) is 48.3 Å². The molecule has 0 saturated heterocycles. The summed E-state index contributed by atoms with van der Waals surface area (Å²) >= 11 is 0. The maximum absolute atomic E-state index is 14.0. The highest BCUT2D eigenvalue weighted by Crippen LogP contribution is 2.44. The number of aryl methyl sites for hydroxylation is 1. The van der Waals surface area contributed by atoms with Gasteiger partial charge >= 0.3 is 6.18 Å². The van der Waals surface area contributed by atoms with Gasteiger partial charge in [-0.25, -0.2) is 0 Å². The van der Waals surface area contributed by atoms with Gasteiger partial charge < -0.3 is 9.88 Å². The van der Waals surface area contributed by atoms with Crippen molar-refractivity contribution in [2.75, 3.05) is 4.90 Å². The van der Waals surface area contributed by atoms with Gasteiger partial charge in [0.25, 0.3) is 0 Å². The van der Waals surface area contributed by atoms with Gasteiger partial charge in [-0.2, -0.15) is 13.2 Å². The van der Waals surface area contributed by atoms with Gasteiger partial charge in [0.15, 0.2) is 0 Å². The van der Waals surface area contributed by atoms with Gasteiger partial charge in [0.1, 0.15) is 0 Å². The second-order valence-corrected chi connectivity index (χ2v) is 9.79. The maximum Gasteiger partial charge on any atom is 0.418 e. The average molecular weight is 497 g/mol. The van der Waals surface area contributed by atoms with Crippen LogP contribution in [0.15, 0.2) is 96.7 Å². The Morgan fingerprint density at radius 2 is 1.70 bits per heavy atom. The molecule has 0 fully saturated rings. The predicted octanol–water partition coefficient (Wildman–Crippen LogP) is 9.29. The molecule has 0 aliphatic heterocycles. The van der Waals surface area contributed by atoms with Crippen LogP contribution in [-0.4, -0.2) is 4.98 Å². The Labute approximate surface area is 214 Å². The van der Waals surface area contributed by atoms with Crippen molar-refractivity contribution >= 4 is 33.9 Å². The number of rotatable bonds is 4. The summed E-state index contributed by atoms with van der Waals surface area (Å²) in [6, 6.07) is 21.6. The first-order valence-electron chi connectivity index (χ1n) is 12.6. The van der Waals surface area contributed by atoms with Gasteiger partial charge in [-0.3, -0.25) is 0 Å². The lowest BCUT2D eigenvalue weighted by molar-refractivity contribution is -0.137. The molecule has 1 atom stereocenters.